The smallest absolute Gasteiger partial charge is 0.0468 e. The summed E-state index contributed by atoms with van der Waals surface area (Å²) in [6.07, 6.45) is 3.07. The number of hydrogen-bond acceptors (Lipinski definition) is 1. The third-order valence-electron chi connectivity index (χ3n) is 1.66. The fourth-order valence-corrected chi connectivity index (χ4v) is 0.914. The van der Waals surface area contributed by atoms with Crippen LogP contribution in [-0.2, 0) is 0 Å². The summed E-state index contributed by atoms with van der Waals surface area (Å²) in [5.41, 5.74) is 1.75. The number of aliphatic hydroxyl groups is 1. The second-order valence-corrected chi connectivity index (χ2v) is 2.86. The van der Waals surface area contributed by atoms with Crippen LogP contribution in [0.5, 0.6) is 0 Å². The van der Waals surface area contributed by atoms with E-state index in [1.165, 1.54) is 5.57 Å². The van der Waals surface area contributed by atoms with Crippen LogP contribution in [0.4, 0.5) is 0 Å². The highest BCUT2D eigenvalue weighted by molar-refractivity contribution is 5.35. The summed E-state index contributed by atoms with van der Waals surface area (Å²) in [5.74, 6) is 0. The Balaban J connectivity index is 2.25. The van der Waals surface area contributed by atoms with Gasteiger partial charge in [0.2, 0.25) is 0 Å². The predicted octanol–water partition coefficient (Wildman–Crippen LogP) is 1.33. The van der Waals surface area contributed by atoms with Crippen LogP contribution in [0.2, 0.25) is 0 Å². The Bertz CT molecular complexity index is 122. The summed E-state index contributed by atoms with van der Waals surface area (Å²) < 4.78 is 0. The van der Waals surface area contributed by atoms with Gasteiger partial charge in [0.25, 0.3) is 0 Å². The largest absolute Gasteiger partial charge is 0.396 e. The molecule has 8 heavy (non-hydrogen) atoms. The molecule has 0 aromatic rings. The van der Waals surface area contributed by atoms with Crippen molar-refractivity contribution in [2.75, 3.05) is 6.61 Å². The molecular weight excluding hydrogens is 100 g/mol. The quantitative estimate of drug-likeness (QED) is 0.534. The molecule has 0 spiro atoms. The molecule has 0 fully saturated rings. The van der Waals surface area contributed by atoms with E-state index in [2.05, 4.69) is 19.9 Å². The highest BCUT2D eigenvalue weighted by Gasteiger charge is 2.32. The summed E-state index contributed by atoms with van der Waals surface area (Å²) in [5, 5.41) is 8.47. The van der Waals surface area contributed by atoms with Gasteiger partial charge >= 0.3 is 0 Å². The lowest BCUT2D eigenvalue weighted by Gasteiger charge is -1.99. The molecule has 0 unspecified atom stereocenters. The molecule has 0 heterocycles. The number of rotatable bonds is 2. The van der Waals surface area contributed by atoms with E-state index in [0.29, 0.717) is 12.0 Å². The monoisotopic (exact) mass is 112 g/mol. The summed E-state index contributed by atoms with van der Waals surface area (Å²) in [7, 11) is 0. The molecule has 1 heteroatoms. The molecule has 0 aliphatic heterocycles. The Morgan fingerprint density at radius 1 is 1.62 bits per heavy atom. The van der Waals surface area contributed by atoms with Gasteiger partial charge in [-0.1, -0.05) is 25.5 Å². The van der Waals surface area contributed by atoms with Crippen LogP contribution in [0.3, 0.4) is 0 Å². The van der Waals surface area contributed by atoms with Crippen LogP contribution in [0.1, 0.15) is 20.3 Å². The van der Waals surface area contributed by atoms with Gasteiger partial charge in [-0.25, -0.2) is 0 Å². The molecule has 1 rings (SSSR count). The van der Waals surface area contributed by atoms with Crippen molar-refractivity contribution in [1.29, 1.82) is 0 Å². The summed E-state index contributed by atoms with van der Waals surface area (Å²) in [4.78, 5) is 0. The van der Waals surface area contributed by atoms with E-state index in [9.17, 15) is 0 Å². The van der Waals surface area contributed by atoms with Gasteiger partial charge < -0.3 is 5.11 Å². The third kappa shape index (κ3) is 0.920. The van der Waals surface area contributed by atoms with E-state index in [1.807, 2.05) is 0 Å². The van der Waals surface area contributed by atoms with Gasteiger partial charge in [-0.15, -0.1) is 0 Å². The summed E-state index contributed by atoms with van der Waals surface area (Å²) in [6, 6.07) is 0. The van der Waals surface area contributed by atoms with Crippen molar-refractivity contribution < 1.29 is 5.11 Å². The van der Waals surface area contributed by atoms with Gasteiger partial charge in [0.05, 0.1) is 0 Å². The first-order valence-electron chi connectivity index (χ1n) is 3.00. The van der Waals surface area contributed by atoms with E-state index in [4.69, 9.17) is 5.11 Å². The lowest BCUT2D eigenvalue weighted by Crippen LogP contribution is -1.91. The first kappa shape index (κ1) is 5.83. The van der Waals surface area contributed by atoms with Gasteiger partial charge in [-0.2, -0.15) is 0 Å². The van der Waals surface area contributed by atoms with Crippen molar-refractivity contribution in [3.05, 3.63) is 11.6 Å². The van der Waals surface area contributed by atoms with Crippen LogP contribution in [0.15, 0.2) is 11.6 Å². The van der Waals surface area contributed by atoms with E-state index in [1.54, 1.807) is 0 Å². The van der Waals surface area contributed by atoms with Crippen LogP contribution < -0.4 is 0 Å². The van der Waals surface area contributed by atoms with Crippen molar-refractivity contribution in [3.63, 3.8) is 0 Å². The van der Waals surface area contributed by atoms with Crippen molar-refractivity contribution in [2.24, 2.45) is 5.41 Å². The Kier molecular flexibility index (Phi) is 1.16. The average molecular weight is 112 g/mol. The maximum absolute atomic E-state index is 8.47. The second-order valence-electron chi connectivity index (χ2n) is 2.86. The van der Waals surface area contributed by atoms with Crippen LogP contribution in [-0.4, -0.2) is 11.7 Å². The number of aliphatic hydroxyl groups excluding tert-OH is 1. The maximum Gasteiger partial charge on any atom is 0.0468 e. The Morgan fingerprint density at radius 2 is 2.12 bits per heavy atom. The maximum atomic E-state index is 8.47. The zero-order valence-corrected chi connectivity index (χ0v) is 5.44. The minimum Gasteiger partial charge on any atom is -0.396 e. The minimum absolute atomic E-state index is 0.301. The normalized spacial score (nSPS) is 22.6. The molecule has 1 aliphatic rings. The lowest BCUT2D eigenvalue weighted by molar-refractivity contribution is 0.297. The molecule has 0 aromatic carbocycles. The van der Waals surface area contributed by atoms with Crippen molar-refractivity contribution in [1.82, 2.24) is 0 Å². The third-order valence-corrected chi connectivity index (χ3v) is 1.66. The lowest BCUT2D eigenvalue weighted by atomic mass is 10.1. The average Bonchev–Trinajstić information content (AvgIpc) is 2.15. The van der Waals surface area contributed by atoms with E-state index < -0.39 is 0 Å². The zero-order valence-electron chi connectivity index (χ0n) is 5.44. The van der Waals surface area contributed by atoms with E-state index in [-0.39, 0.29) is 0 Å². The molecule has 1 N–H and O–H groups in total. The van der Waals surface area contributed by atoms with Crippen LogP contribution in [0, 0.1) is 5.41 Å². The number of allylic oxidation sites excluding steroid dienone is 1. The molecule has 46 valence electrons. The van der Waals surface area contributed by atoms with Crippen molar-refractivity contribution >= 4 is 0 Å². The Hall–Kier alpha value is -0.300. The molecule has 0 saturated heterocycles. The van der Waals surface area contributed by atoms with Crippen molar-refractivity contribution in [3.8, 4) is 0 Å². The number of hydrogen-bond donors (Lipinski definition) is 1. The SMILES string of the molecule is CC1(C)C=C1CCO. The fraction of sp³-hybridized carbons (Fsp3) is 0.714. The van der Waals surface area contributed by atoms with Crippen LogP contribution >= 0.6 is 0 Å². The molecule has 0 aromatic heterocycles. The van der Waals surface area contributed by atoms with Gasteiger partial charge in [-0.3, -0.25) is 0 Å². The summed E-state index contributed by atoms with van der Waals surface area (Å²) >= 11 is 0. The van der Waals surface area contributed by atoms with Crippen molar-refractivity contribution in [2.45, 2.75) is 20.3 Å². The molecule has 1 nitrogen and oxygen atoms in total. The van der Waals surface area contributed by atoms with Gasteiger partial charge in [0, 0.05) is 12.0 Å². The molecular formula is C7H12O. The molecule has 0 saturated carbocycles. The molecule has 0 radical (unpaired) electrons. The van der Waals surface area contributed by atoms with E-state index >= 15 is 0 Å². The zero-order chi connectivity index (χ0) is 6.20. The van der Waals surface area contributed by atoms with E-state index in [0.717, 1.165) is 6.42 Å². The Labute approximate surface area is 50.0 Å². The standard InChI is InChI=1S/C7H12O/c1-7(2)5-6(7)3-4-8/h5,8H,3-4H2,1-2H3. The molecule has 0 atom stereocenters. The van der Waals surface area contributed by atoms with Gasteiger partial charge in [0.1, 0.15) is 0 Å². The molecule has 1 aliphatic carbocycles. The predicted molar refractivity (Wildman–Crippen MR) is 33.6 cm³/mol. The minimum atomic E-state index is 0.301. The first-order valence-corrected chi connectivity index (χ1v) is 3.00. The molecule has 0 bridgehead atoms. The first-order chi connectivity index (χ1) is 3.67. The highest BCUT2D eigenvalue weighted by atomic mass is 16.3. The van der Waals surface area contributed by atoms with Crippen LogP contribution in [0.25, 0.3) is 0 Å². The topological polar surface area (TPSA) is 20.2 Å². The highest BCUT2D eigenvalue weighted by Crippen LogP contribution is 2.44. The van der Waals surface area contributed by atoms with Gasteiger partial charge in [-0.05, 0) is 6.42 Å². The Morgan fingerprint density at radius 3 is 2.25 bits per heavy atom. The fourth-order valence-electron chi connectivity index (χ4n) is 0.914. The molecule has 0 amide bonds. The summed E-state index contributed by atoms with van der Waals surface area (Å²) in [6.45, 7) is 4.63. The second kappa shape index (κ2) is 1.59. The van der Waals surface area contributed by atoms with Gasteiger partial charge in [0.15, 0.2) is 0 Å².